The Hall–Kier alpha value is -1.68. The Morgan fingerprint density at radius 2 is 2.06 bits per heavy atom. The van der Waals surface area contributed by atoms with Gasteiger partial charge in [0.2, 0.25) is 0 Å². The topological polar surface area (TPSA) is 41.1 Å². The van der Waals surface area contributed by atoms with Crippen LogP contribution in [0.3, 0.4) is 0 Å². The molecule has 1 atom stereocenters. The van der Waals surface area contributed by atoms with Crippen LogP contribution in [0.15, 0.2) is 30.5 Å². The minimum absolute atomic E-state index is 0.474. The maximum Gasteiger partial charge on any atom is 0.0950 e. The quantitative estimate of drug-likeness (QED) is 0.872. The van der Waals surface area contributed by atoms with Crippen LogP contribution in [0.2, 0.25) is 0 Å². The molecule has 2 rings (SSSR count). The molecule has 0 radical (unpaired) electrons. The Kier molecular flexibility index (Phi) is 3.54. The fourth-order valence-corrected chi connectivity index (χ4v) is 1.59. The first-order valence-corrected chi connectivity index (χ1v) is 5.79. The second-order valence-corrected chi connectivity index (χ2v) is 4.47. The third-order valence-corrected chi connectivity index (χ3v) is 3.02. The molecule has 90 valence electrons. The number of benzene rings is 1. The molecule has 1 N–H and O–H groups in total. The van der Waals surface area contributed by atoms with Crippen molar-refractivity contribution in [2.45, 2.75) is 13.0 Å². The molecule has 2 aromatic rings. The van der Waals surface area contributed by atoms with E-state index in [1.807, 2.05) is 18.2 Å². The van der Waals surface area contributed by atoms with Crippen molar-refractivity contribution in [1.29, 1.82) is 0 Å². The summed E-state index contributed by atoms with van der Waals surface area (Å²) in [5, 5.41) is 12.7. The lowest BCUT2D eigenvalue weighted by Crippen LogP contribution is -2.31. The Morgan fingerprint density at radius 1 is 1.29 bits per heavy atom. The molecular weight excluding hydrogens is 212 g/mol. The number of hydrogen-bond acceptors (Lipinski definition) is 4. The van der Waals surface area contributed by atoms with Crippen LogP contribution in [-0.4, -0.2) is 41.8 Å². The predicted octanol–water partition coefficient (Wildman–Crippen LogP) is 1.99. The fourth-order valence-electron chi connectivity index (χ4n) is 1.59. The van der Waals surface area contributed by atoms with E-state index in [4.69, 9.17) is 0 Å². The van der Waals surface area contributed by atoms with Gasteiger partial charge in [0.05, 0.1) is 17.4 Å². The van der Waals surface area contributed by atoms with E-state index in [1.54, 1.807) is 6.20 Å². The molecule has 0 aliphatic carbocycles. The van der Waals surface area contributed by atoms with Gasteiger partial charge in [0.15, 0.2) is 0 Å². The normalized spacial score (nSPS) is 12.9. The molecule has 0 spiro atoms. The zero-order chi connectivity index (χ0) is 12.3. The summed E-state index contributed by atoms with van der Waals surface area (Å²) >= 11 is 0. The summed E-state index contributed by atoms with van der Waals surface area (Å²) in [5.74, 6) is 0. The summed E-state index contributed by atoms with van der Waals surface area (Å²) in [6.07, 6.45) is 1.78. The minimum atomic E-state index is 0.474. The van der Waals surface area contributed by atoms with E-state index in [2.05, 4.69) is 47.5 Å². The van der Waals surface area contributed by atoms with Crippen molar-refractivity contribution in [2.75, 3.05) is 26.0 Å². The molecule has 1 heterocycles. The van der Waals surface area contributed by atoms with Crippen LogP contribution >= 0.6 is 0 Å². The first kappa shape index (κ1) is 11.8. The number of aromatic nitrogens is 2. The molecule has 4 heteroatoms. The van der Waals surface area contributed by atoms with Gasteiger partial charge in [0.25, 0.3) is 0 Å². The van der Waals surface area contributed by atoms with Crippen LogP contribution in [0.25, 0.3) is 10.9 Å². The minimum Gasteiger partial charge on any atom is -0.382 e. The molecular formula is C13H18N4. The smallest absolute Gasteiger partial charge is 0.0950 e. The largest absolute Gasteiger partial charge is 0.382 e. The highest BCUT2D eigenvalue weighted by Crippen LogP contribution is 2.19. The second kappa shape index (κ2) is 5.10. The van der Waals surface area contributed by atoms with Gasteiger partial charge < -0.3 is 10.2 Å². The number of likely N-dealkylation sites (N-methyl/N-ethyl adjacent to an activating group) is 1. The summed E-state index contributed by atoms with van der Waals surface area (Å²) in [4.78, 5) is 2.18. The Balaban J connectivity index is 2.19. The van der Waals surface area contributed by atoms with Crippen molar-refractivity contribution in [1.82, 2.24) is 15.1 Å². The number of anilines is 1. The van der Waals surface area contributed by atoms with Crippen LogP contribution in [-0.2, 0) is 0 Å². The van der Waals surface area contributed by atoms with Crippen LogP contribution < -0.4 is 5.32 Å². The average molecular weight is 230 g/mol. The van der Waals surface area contributed by atoms with E-state index in [9.17, 15) is 0 Å². The monoisotopic (exact) mass is 230 g/mol. The van der Waals surface area contributed by atoms with Gasteiger partial charge in [-0.15, -0.1) is 0 Å². The highest BCUT2D eigenvalue weighted by Gasteiger charge is 2.06. The van der Waals surface area contributed by atoms with Gasteiger partial charge in [0.1, 0.15) is 0 Å². The standard InChI is InChI=1S/C13H18N4/c1-10(17(2)3)8-14-13-9-15-16-12-7-5-4-6-11(12)13/h4-7,9-10H,8H2,1-3H3,(H,14,16). The molecule has 17 heavy (non-hydrogen) atoms. The first-order valence-electron chi connectivity index (χ1n) is 5.79. The van der Waals surface area contributed by atoms with E-state index in [-0.39, 0.29) is 0 Å². The average Bonchev–Trinajstić information content (AvgIpc) is 2.35. The van der Waals surface area contributed by atoms with Gasteiger partial charge in [-0.05, 0) is 27.1 Å². The van der Waals surface area contributed by atoms with Crippen molar-refractivity contribution >= 4 is 16.6 Å². The summed E-state index contributed by atoms with van der Waals surface area (Å²) in [6.45, 7) is 3.08. The lowest BCUT2D eigenvalue weighted by Gasteiger charge is -2.20. The first-order chi connectivity index (χ1) is 8.18. The molecule has 0 fully saturated rings. The lowest BCUT2D eigenvalue weighted by atomic mass is 10.2. The SMILES string of the molecule is CC(CNc1cnnc2ccccc12)N(C)C. The number of fused-ring (bicyclic) bond motifs is 1. The zero-order valence-electron chi connectivity index (χ0n) is 10.5. The lowest BCUT2D eigenvalue weighted by molar-refractivity contribution is 0.326. The van der Waals surface area contributed by atoms with Crippen molar-refractivity contribution in [3.8, 4) is 0 Å². The van der Waals surface area contributed by atoms with E-state index in [0.717, 1.165) is 23.1 Å². The molecule has 0 bridgehead atoms. The summed E-state index contributed by atoms with van der Waals surface area (Å²) in [7, 11) is 4.16. The Labute approximate surface area is 102 Å². The fraction of sp³-hybridized carbons (Fsp3) is 0.385. The van der Waals surface area contributed by atoms with Crippen LogP contribution in [0.5, 0.6) is 0 Å². The molecule has 0 aliphatic heterocycles. The number of nitrogens with zero attached hydrogens (tertiary/aromatic N) is 3. The molecule has 0 aliphatic rings. The highest BCUT2D eigenvalue weighted by atomic mass is 15.1. The molecule has 0 saturated heterocycles. The van der Waals surface area contributed by atoms with Gasteiger partial charge >= 0.3 is 0 Å². The number of nitrogens with one attached hydrogen (secondary N) is 1. The molecule has 1 aromatic carbocycles. The second-order valence-electron chi connectivity index (χ2n) is 4.47. The third kappa shape index (κ3) is 2.71. The molecule has 1 unspecified atom stereocenters. The van der Waals surface area contributed by atoms with Gasteiger partial charge in [-0.1, -0.05) is 18.2 Å². The Morgan fingerprint density at radius 3 is 2.82 bits per heavy atom. The third-order valence-electron chi connectivity index (χ3n) is 3.02. The van der Waals surface area contributed by atoms with Gasteiger partial charge in [-0.25, -0.2) is 0 Å². The predicted molar refractivity (Wildman–Crippen MR) is 71.2 cm³/mol. The number of hydrogen-bond donors (Lipinski definition) is 1. The Bertz CT molecular complexity index is 490. The van der Waals surface area contributed by atoms with Crippen LogP contribution in [0, 0.1) is 0 Å². The van der Waals surface area contributed by atoms with E-state index >= 15 is 0 Å². The van der Waals surface area contributed by atoms with Crippen LogP contribution in [0.1, 0.15) is 6.92 Å². The van der Waals surface area contributed by atoms with Crippen molar-refractivity contribution in [3.63, 3.8) is 0 Å². The molecule has 0 saturated carbocycles. The molecule has 4 nitrogen and oxygen atoms in total. The van der Waals surface area contributed by atoms with E-state index < -0.39 is 0 Å². The van der Waals surface area contributed by atoms with Gasteiger partial charge in [-0.3, -0.25) is 0 Å². The van der Waals surface area contributed by atoms with E-state index in [0.29, 0.717) is 6.04 Å². The summed E-state index contributed by atoms with van der Waals surface area (Å²) < 4.78 is 0. The van der Waals surface area contributed by atoms with Crippen molar-refractivity contribution in [2.24, 2.45) is 0 Å². The summed E-state index contributed by atoms with van der Waals surface area (Å²) in [5.41, 5.74) is 1.97. The van der Waals surface area contributed by atoms with E-state index in [1.165, 1.54) is 0 Å². The van der Waals surface area contributed by atoms with Gasteiger partial charge in [0, 0.05) is 18.0 Å². The molecule has 0 amide bonds. The summed E-state index contributed by atoms with van der Waals surface area (Å²) in [6, 6.07) is 8.51. The van der Waals surface area contributed by atoms with Crippen molar-refractivity contribution in [3.05, 3.63) is 30.5 Å². The van der Waals surface area contributed by atoms with Crippen molar-refractivity contribution < 1.29 is 0 Å². The maximum absolute atomic E-state index is 4.10. The zero-order valence-corrected chi connectivity index (χ0v) is 10.5. The number of rotatable bonds is 4. The van der Waals surface area contributed by atoms with Crippen LogP contribution in [0.4, 0.5) is 5.69 Å². The highest BCUT2D eigenvalue weighted by molar-refractivity contribution is 5.90. The van der Waals surface area contributed by atoms with Gasteiger partial charge in [-0.2, -0.15) is 10.2 Å². The molecule has 1 aromatic heterocycles. The maximum atomic E-state index is 4.10.